The van der Waals surface area contributed by atoms with Gasteiger partial charge in [-0.2, -0.15) is 4.31 Å². The van der Waals surface area contributed by atoms with Gasteiger partial charge in [0.1, 0.15) is 0 Å². The van der Waals surface area contributed by atoms with Gasteiger partial charge in [0, 0.05) is 29.9 Å². The van der Waals surface area contributed by atoms with E-state index in [2.05, 4.69) is 9.97 Å². The minimum absolute atomic E-state index is 0.141. The number of fused-ring (bicyclic) bond motifs is 1. The van der Waals surface area contributed by atoms with E-state index in [1.165, 1.54) is 39.9 Å². The molecule has 0 saturated carbocycles. The molecule has 35 heavy (non-hydrogen) atoms. The van der Waals surface area contributed by atoms with Crippen LogP contribution in [0.25, 0.3) is 10.2 Å². The molecule has 1 fully saturated rings. The van der Waals surface area contributed by atoms with Gasteiger partial charge < -0.3 is 4.74 Å². The monoisotopic (exact) mass is 528 g/mol. The highest BCUT2D eigenvalue weighted by atomic mass is 35.5. The standard InChI is InChI=1S/C24H21ClN4O4S2/c25-18-6-9-21-22(15-18)34-24(27-21)29(16-19-3-1-2-10-26-19)23(30)17-4-7-20(8-5-17)35(31,32)28-11-13-33-14-12-28/h1-10,15H,11-14,16H2. The van der Waals surface area contributed by atoms with E-state index in [1.54, 1.807) is 17.2 Å². The maximum absolute atomic E-state index is 13.6. The lowest BCUT2D eigenvalue weighted by Gasteiger charge is -2.26. The van der Waals surface area contributed by atoms with Crippen molar-refractivity contribution in [1.82, 2.24) is 14.3 Å². The van der Waals surface area contributed by atoms with Crippen LogP contribution in [0.3, 0.4) is 0 Å². The van der Waals surface area contributed by atoms with E-state index >= 15 is 0 Å². The van der Waals surface area contributed by atoms with Gasteiger partial charge in [0.15, 0.2) is 5.13 Å². The van der Waals surface area contributed by atoms with E-state index in [0.29, 0.717) is 47.7 Å². The van der Waals surface area contributed by atoms with Crippen molar-refractivity contribution < 1.29 is 17.9 Å². The molecule has 1 aliphatic heterocycles. The Kier molecular flexibility index (Phi) is 6.81. The van der Waals surface area contributed by atoms with E-state index in [1.807, 2.05) is 30.3 Å². The summed E-state index contributed by atoms with van der Waals surface area (Å²) in [5.41, 5.74) is 1.78. The molecule has 0 bridgehead atoms. The van der Waals surface area contributed by atoms with Crippen LogP contribution in [-0.4, -0.2) is 54.9 Å². The summed E-state index contributed by atoms with van der Waals surface area (Å²) in [6.07, 6.45) is 1.67. The third-order valence-corrected chi connectivity index (χ3v) is 8.76. The highest BCUT2D eigenvalue weighted by molar-refractivity contribution is 7.89. The lowest BCUT2D eigenvalue weighted by atomic mass is 10.2. The molecule has 2 aromatic heterocycles. The maximum atomic E-state index is 13.6. The van der Waals surface area contributed by atoms with E-state index < -0.39 is 10.0 Å². The van der Waals surface area contributed by atoms with Crippen LogP contribution in [0.15, 0.2) is 71.8 Å². The van der Waals surface area contributed by atoms with Gasteiger partial charge >= 0.3 is 0 Å². The molecular formula is C24H21ClN4O4S2. The zero-order valence-electron chi connectivity index (χ0n) is 18.5. The number of anilines is 1. The maximum Gasteiger partial charge on any atom is 0.260 e. The second kappa shape index (κ2) is 10.00. The quantitative estimate of drug-likeness (QED) is 0.372. The first kappa shape index (κ1) is 23.8. The van der Waals surface area contributed by atoms with E-state index in [4.69, 9.17) is 16.3 Å². The first-order valence-electron chi connectivity index (χ1n) is 10.9. The van der Waals surface area contributed by atoms with E-state index in [-0.39, 0.29) is 17.3 Å². The molecule has 0 aliphatic carbocycles. The van der Waals surface area contributed by atoms with Crippen LogP contribution in [0.5, 0.6) is 0 Å². The Morgan fingerprint density at radius 1 is 1.09 bits per heavy atom. The molecule has 11 heteroatoms. The van der Waals surface area contributed by atoms with Gasteiger partial charge in [-0.3, -0.25) is 14.7 Å². The van der Waals surface area contributed by atoms with Crippen molar-refractivity contribution in [2.45, 2.75) is 11.4 Å². The van der Waals surface area contributed by atoms with Crippen LogP contribution in [0.2, 0.25) is 5.02 Å². The minimum atomic E-state index is -3.65. The number of hydrogen-bond acceptors (Lipinski definition) is 7. The number of carbonyl (C=O) groups is 1. The van der Waals surface area contributed by atoms with E-state index in [9.17, 15) is 13.2 Å². The number of aromatic nitrogens is 2. The number of nitrogens with zero attached hydrogens (tertiary/aromatic N) is 4. The van der Waals surface area contributed by atoms with Crippen molar-refractivity contribution in [3.8, 4) is 0 Å². The highest BCUT2D eigenvalue weighted by Gasteiger charge is 2.27. The summed E-state index contributed by atoms with van der Waals surface area (Å²) in [6.45, 7) is 1.56. The molecule has 5 rings (SSSR count). The minimum Gasteiger partial charge on any atom is -0.379 e. The first-order valence-corrected chi connectivity index (χ1v) is 13.5. The number of carbonyl (C=O) groups excluding carboxylic acids is 1. The normalized spacial score (nSPS) is 14.8. The number of hydrogen-bond donors (Lipinski definition) is 0. The topological polar surface area (TPSA) is 92.7 Å². The van der Waals surface area contributed by atoms with Gasteiger partial charge in [0.05, 0.1) is 40.6 Å². The first-order chi connectivity index (χ1) is 16.9. The predicted molar refractivity (Wildman–Crippen MR) is 135 cm³/mol. The van der Waals surface area contributed by atoms with Crippen molar-refractivity contribution in [3.05, 3.63) is 83.1 Å². The number of sulfonamides is 1. The predicted octanol–water partition coefficient (Wildman–Crippen LogP) is 4.21. The molecule has 0 atom stereocenters. The lowest BCUT2D eigenvalue weighted by molar-refractivity contribution is 0.0730. The fourth-order valence-electron chi connectivity index (χ4n) is 3.74. The zero-order valence-corrected chi connectivity index (χ0v) is 20.9. The fourth-order valence-corrected chi connectivity index (χ4v) is 6.39. The van der Waals surface area contributed by atoms with Crippen molar-refractivity contribution in [1.29, 1.82) is 0 Å². The number of amides is 1. The molecule has 1 saturated heterocycles. The molecule has 1 aliphatic rings. The number of thiazole rings is 1. The second-order valence-corrected chi connectivity index (χ2v) is 11.2. The molecule has 0 spiro atoms. The third-order valence-electron chi connectivity index (χ3n) is 5.57. The Hall–Kier alpha value is -2.89. The number of pyridine rings is 1. The Morgan fingerprint density at radius 2 is 1.86 bits per heavy atom. The van der Waals surface area contributed by atoms with Crippen molar-refractivity contribution in [3.63, 3.8) is 0 Å². The Morgan fingerprint density at radius 3 is 2.57 bits per heavy atom. The van der Waals surface area contributed by atoms with Gasteiger partial charge in [0.25, 0.3) is 5.91 Å². The lowest BCUT2D eigenvalue weighted by Crippen LogP contribution is -2.40. The van der Waals surface area contributed by atoms with Crippen LogP contribution in [0, 0.1) is 0 Å². The van der Waals surface area contributed by atoms with Gasteiger partial charge in [-0.25, -0.2) is 13.4 Å². The number of benzene rings is 2. The third kappa shape index (κ3) is 5.07. The number of ether oxygens (including phenoxy) is 1. The Bertz CT molecular complexity index is 1450. The van der Waals surface area contributed by atoms with Gasteiger partial charge in [-0.1, -0.05) is 29.0 Å². The van der Waals surface area contributed by atoms with E-state index in [0.717, 1.165) is 10.2 Å². The molecule has 0 radical (unpaired) electrons. The summed E-state index contributed by atoms with van der Waals surface area (Å²) in [6, 6.07) is 16.9. The number of rotatable bonds is 6. The zero-order chi connectivity index (χ0) is 24.4. The molecule has 180 valence electrons. The van der Waals surface area contributed by atoms with Crippen molar-refractivity contribution >= 4 is 54.2 Å². The molecule has 8 nitrogen and oxygen atoms in total. The van der Waals surface area contributed by atoms with Crippen LogP contribution >= 0.6 is 22.9 Å². The summed E-state index contributed by atoms with van der Waals surface area (Å²) in [5, 5.41) is 1.09. The second-order valence-electron chi connectivity index (χ2n) is 7.86. The van der Waals surface area contributed by atoms with Crippen LogP contribution in [0.4, 0.5) is 5.13 Å². The molecule has 3 heterocycles. The average Bonchev–Trinajstić information content (AvgIpc) is 3.31. The van der Waals surface area contributed by atoms with Crippen LogP contribution in [-0.2, 0) is 21.3 Å². The molecule has 4 aromatic rings. The molecule has 1 amide bonds. The average molecular weight is 529 g/mol. The summed E-state index contributed by atoms with van der Waals surface area (Å²) in [7, 11) is -3.65. The van der Waals surface area contributed by atoms with Gasteiger partial charge in [-0.05, 0) is 54.6 Å². The Labute approximate surface area is 211 Å². The molecule has 2 aromatic carbocycles. The molecular weight excluding hydrogens is 508 g/mol. The Balaban J connectivity index is 1.47. The largest absolute Gasteiger partial charge is 0.379 e. The van der Waals surface area contributed by atoms with Crippen LogP contribution in [0.1, 0.15) is 16.1 Å². The molecule has 0 N–H and O–H groups in total. The number of halogens is 1. The van der Waals surface area contributed by atoms with Gasteiger partial charge in [0.2, 0.25) is 10.0 Å². The smallest absolute Gasteiger partial charge is 0.260 e. The molecule has 0 unspecified atom stereocenters. The van der Waals surface area contributed by atoms with Gasteiger partial charge in [-0.15, -0.1) is 0 Å². The van der Waals surface area contributed by atoms with Crippen LogP contribution < -0.4 is 4.90 Å². The van der Waals surface area contributed by atoms with Crippen molar-refractivity contribution in [2.75, 3.05) is 31.2 Å². The summed E-state index contributed by atoms with van der Waals surface area (Å²) in [5.74, 6) is -0.309. The SMILES string of the molecule is O=C(c1ccc(S(=O)(=O)N2CCOCC2)cc1)N(Cc1ccccn1)c1nc2ccc(Cl)cc2s1. The summed E-state index contributed by atoms with van der Waals surface area (Å²) >= 11 is 7.49. The number of morpholine rings is 1. The summed E-state index contributed by atoms with van der Waals surface area (Å²) < 4.78 is 33.4. The fraction of sp³-hybridized carbons (Fsp3) is 0.208. The van der Waals surface area contributed by atoms with Crippen molar-refractivity contribution in [2.24, 2.45) is 0 Å². The highest BCUT2D eigenvalue weighted by Crippen LogP contribution is 2.32. The summed E-state index contributed by atoms with van der Waals surface area (Å²) in [4.78, 5) is 24.3.